The first kappa shape index (κ1) is 18.3. The van der Waals surface area contributed by atoms with Crippen LogP contribution in [-0.2, 0) is 11.2 Å². The van der Waals surface area contributed by atoms with Gasteiger partial charge in [0.2, 0.25) is 12.7 Å². The van der Waals surface area contributed by atoms with E-state index < -0.39 is 0 Å². The van der Waals surface area contributed by atoms with Gasteiger partial charge in [-0.05, 0) is 36.4 Å². The molecule has 7 nitrogen and oxygen atoms in total. The summed E-state index contributed by atoms with van der Waals surface area (Å²) >= 11 is 7.08. The van der Waals surface area contributed by atoms with E-state index in [0.29, 0.717) is 38.6 Å². The van der Waals surface area contributed by atoms with E-state index in [1.54, 1.807) is 47.8 Å². The van der Waals surface area contributed by atoms with Crippen LogP contribution in [0.2, 0.25) is 5.02 Å². The number of hydrogen-bond donors (Lipinski definition) is 2. The second-order valence-corrected chi connectivity index (χ2v) is 7.19. The maximum absolute atomic E-state index is 12.2. The van der Waals surface area contributed by atoms with E-state index in [1.165, 1.54) is 11.3 Å². The van der Waals surface area contributed by atoms with E-state index in [0.717, 1.165) is 0 Å². The third-order valence-corrected chi connectivity index (χ3v) is 4.94. The minimum atomic E-state index is -0.289. The van der Waals surface area contributed by atoms with Gasteiger partial charge in [-0.3, -0.25) is 14.9 Å². The zero-order chi connectivity index (χ0) is 19.5. The molecule has 0 radical (unpaired) electrons. The number of amides is 2. The van der Waals surface area contributed by atoms with Crippen molar-refractivity contribution in [1.82, 2.24) is 4.98 Å². The molecule has 2 aromatic carbocycles. The number of fused-ring (bicyclic) bond motifs is 1. The van der Waals surface area contributed by atoms with Crippen LogP contribution in [0.25, 0.3) is 0 Å². The minimum Gasteiger partial charge on any atom is -0.454 e. The number of anilines is 2. The van der Waals surface area contributed by atoms with Gasteiger partial charge in [0.15, 0.2) is 16.6 Å². The molecule has 1 aliphatic heterocycles. The molecule has 142 valence electrons. The second-order valence-electron chi connectivity index (χ2n) is 5.90. The molecule has 4 rings (SSSR count). The lowest BCUT2D eigenvalue weighted by molar-refractivity contribution is -0.115. The van der Waals surface area contributed by atoms with Crippen molar-refractivity contribution in [2.75, 3.05) is 17.4 Å². The largest absolute Gasteiger partial charge is 0.454 e. The number of ether oxygens (including phenoxy) is 2. The van der Waals surface area contributed by atoms with Gasteiger partial charge >= 0.3 is 0 Å². The molecule has 1 aromatic heterocycles. The van der Waals surface area contributed by atoms with Crippen LogP contribution in [0.1, 0.15) is 16.1 Å². The van der Waals surface area contributed by atoms with Crippen molar-refractivity contribution in [3.8, 4) is 11.5 Å². The lowest BCUT2D eigenvalue weighted by Gasteiger charge is -2.05. The van der Waals surface area contributed by atoms with Crippen molar-refractivity contribution in [2.45, 2.75) is 6.42 Å². The summed E-state index contributed by atoms with van der Waals surface area (Å²) in [5, 5.41) is 8.22. The minimum absolute atomic E-state index is 0.0851. The fourth-order valence-electron chi connectivity index (χ4n) is 2.56. The van der Waals surface area contributed by atoms with Crippen molar-refractivity contribution in [1.29, 1.82) is 0 Å². The summed E-state index contributed by atoms with van der Waals surface area (Å²) in [6, 6.07) is 11.7. The molecule has 1 aliphatic rings. The molecule has 28 heavy (non-hydrogen) atoms. The van der Waals surface area contributed by atoms with Gasteiger partial charge in [0, 0.05) is 27.7 Å². The summed E-state index contributed by atoms with van der Waals surface area (Å²) in [5.74, 6) is 0.736. The van der Waals surface area contributed by atoms with Gasteiger partial charge in [-0.1, -0.05) is 11.6 Å². The Morgan fingerprint density at radius 2 is 1.86 bits per heavy atom. The highest BCUT2D eigenvalue weighted by Crippen LogP contribution is 2.34. The van der Waals surface area contributed by atoms with Crippen LogP contribution in [0, 0.1) is 0 Å². The van der Waals surface area contributed by atoms with Gasteiger partial charge in [-0.15, -0.1) is 11.3 Å². The molecule has 0 fully saturated rings. The second kappa shape index (κ2) is 7.87. The Hall–Kier alpha value is -3.10. The number of hydrogen-bond acceptors (Lipinski definition) is 6. The average molecular weight is 416 g/mol. The van der Waals surface area contributed by atoms with Crippen molar-refractivity contribution in [3.63, 3.8) is 0 Å². The third-order valence-electron chi connectivity index (χ3n) is 3.88. The summed E-state index contributed by atoms with van der Waals surface area (Å²) < 4.78 is 10.5. The molecule has 0 unspecified atom stereocenters. The van der Waals surface area contributed by atoms with Crippen LogP contribution in [0.15, 0.2) is 47.8 Å². The number of benzene rings is 2. The molecular weight excluding hydrogens is 402 g/mol. The first-order valence-corrected chi connectivity index (χ1v) is 9.53. The summed E-state index contributed by atoms with van der Waals surface area (Å²) in [6.45, 7) is 0.177. The highest BCUT2D eigenvalue weighted by atomic mass is 35.5. The monoisotopic (exact) mass is 415 g/mol. The predicted molar refractivity (Wildman–Crippen MR) is 106 cm³/mol. The topological polar surface area (TPSA) is 89.6 Å². The summed E-state index contributed by atoms with van der Waals surface area (Å²) in [7, 11) is 0. The Morgan fingerprint density at radius 3 is 2.68 bits per heavy atom. The Bertz CT molecular complexity index is 1040. The molecule has 2 amide bonds. The van der Waals surface area contributed by atoms with Crippen LogP contribution in [-0.4, -0.2) is 23.6 Å². The Kier molecular flexibility index (Phi) is 5.14. The van der Waals surface area contributed by atoms with E-state index in [-0.39, 0.29) is 25.0 Å². The molecule has 0 saturated heterocycles. The van der Waals surface area contributed by atoms with Crippen molar-refractivity contribution < 1.29 is 19.1 Å². The Balaban J connectivity index is 1.34. The number of thiazole rings is 1. The maximum Gasteiger partial charge on any atom is 0.257 e. The fourth-order valence-corrected chi connectivity index (χ4v) is 3.39. The first-order valence-electron chi connectivity index (χ1n) is 8.28. The number of halogens is 1. The Labute approximate surface area is 169 Å². The highest BCUT2D eigenvalue weighted by molar-refractivity contribution is 7.14. The molecular formula is C19H14ClN3O4S. The van der Waals surface area contributed by atoms with Crippen LogP contribution >= 0.6 is 22.9 Å². The highest BCUT2D eigenvalue weighted by Gasteiger charge is 2.15. The Morgan fingerprint density at radius 1 is 1.07 bits per heavy atom. The summed E-state index contributed by atoms with van der Waals surface area (Å²) in [4.78, 5) is 28.7. The number of nitrogens with one attached hydrogen (secondary N) is 2. The van der Waals surface area contributed by atoms with Crippen LogP contribution < -0.4 is 20.1 Å². The third kappa shape index (κ3) is 4.24. The van der Waals surface area contributed by atoms with Gasteiger partial charge in [-0.2, -0.15) is 0 Å². The lowest BCUT2D eigenvalue weighted by atomic mass is 10.2. The van der Waals surface area contributed by atoms with Crippen molar-refractivity contribution in [3.05, 3.63) is 64.1 Å². The predicted octanol–water partition coefficient (Wildman–Crippen LogP) is 3.96. The standard InChI is InChI=1S/C19H14ClN3O4S/c20-12-3-1-11(2-4-12)18(25)23-19-22-14(9-28-19)8-17(24)21-13-5-6-15-16(7-13)27-10-26-15/h1-7,9H,8,10H2,(H,21,24)(H,22,23,25). The number of carbonyl (C=O) groups is 2. The van der Waals surface area contributed by atoms with Gasteiger partial charge in [0.25, 0.3) is 5.91 Å². The molecule has 0 atom stereocenters. The van der Waals surface area contributed by atoms with Gasteiger partial charge in [0.1, 0.15) is 0 Å². The van der Waals surface area contributed by atoms with Gasteiger partial charge < -0.3 is 14.8 Å². The van der Waals surface area contributed by atoms with E-state index in [2.05, 4.69) is 15.6 Å². The molecule has 0 bridgehead atoms. The van der Waals surface area contributed by atoms with E-state index in [9.17, 15) is 9.59 Å². The van der Waals surface area contributed by atoms with E-state index >= 15 is 0 Å². The molecule has 0 aliphatic carbocycles. The van der Waals surface area contributed by atoms with Crippen molar-refractivity contribution in [2.24, 2.45) is 0 Å². The van der Waals surface area contributed by atoms with Gasteiger partial charge in [-0.25, -0.2) is 4.98 Å². The average Bonchev–Trinajstić information content (AvgIpc) is 3.31. The molecule has 9 heteroatoms. The normalized spacial score (nSPS) is 11.9. The molecule has 0 spiro atoms. The smallest absolute Gasteiger partial charge is 0.257 e. The number of aromatic nitrogens is 1. The summed E-state index contributed by atoms with van der Waals surface area (Å²) in [6.07, 6.45) is 0.0851. The van der Waals surface area contributed by atoms with Crippen LogP contribution in [0.4, 0.5) is 10.8 Å². The number of carbonyl (C=O) groups excluding carboxylic acids is 2. The number of rotatable bonds is 5. The zero-order valence-corrected chi connectivity index (χ0v) is 16.0. The van der Waals surface area contributed by atoms with E-state index in [4.69, 9.17) is 21.1 Å². The quantitative estimate of drug-likeness (QED) is 0.658. The fraction of sp³-hybridized carbons (Fsp3) is 0.105. The van der Waals surface area contributed by atoms with Gasteiger partial charge in [0.05, 0.1) is 12.1 Å². The van der Waals surface area contributed by atoms with Crippen LogP contribution in [0.3, 0.4) is 0 Å². The van der Waals surface area contributed by atoms with Crippen LogP contribution in [0.5, 0.6) is 11.5 Å². The maximum atomic E-state index is 12.2. The lowest BCUT2D eigenvalue weighted by Crippen LogP contribution is -2.15. The number of nitrogens with zero attached hydrogens (tertiary/aromatic N) is 1. The first-order chi connectivity index (χ1) is 13.6. The molecule has 0 saturated carbocycles. The SMILES string of the molecule is O=C(Cc1csc(NC(=O)c2ccc(Cl)cc2)n1)Nc1ccc2c(c1)OCO2. The molecule has 3 aromatic rings. The molecule has 2 heterocycles. The summed E-state index contributed by atoms with van der Waals surface area (Å²) in [5.41, 5.74) is 1.65. The zero-order valence-electron chi connectivity index (χ0n) is 14.4. The van der Waals surface area contributed by atoms with E-state index in [1.807, 2.05) is 0 Å². The van der Waals surface area contributed by atoms with Crippen molar-refractivity contribution >= 4 is 45.6 Å². The molecule has 2 N–H and O–H groups in total.